The quantitative estimate of drug-likeness (QED) is 0.606. The predicted molar refractivity (Wildman–Crippen MR) is 114 cm³/mol. The van der Waals surface area contributed by atoms with Crippen molar-refractivity contribution in [2.45, 2.75) is 88.1 Å². The molecule has 2 N–H and O–H groups in total. The maximum Gasteiger partial charge on any atom is 0.309 e. The summed E-state index contributed by atoms with van der Waals surface area (Å²) in [5.74, 6) is -0.686. The Morgan fingerprint density at radius 3 is 2.03 bits per heavy atom. The van der Waals surface area contributed by atoms with E-state index in [0.717, 1.165) is 11.3 Å². The van der Waals surface area contributed by atoms with Crippen LogP contribution in [0.2, 0.25) is 18.1 Å². The van der Waals surface area contributed by atoms with Crippen LogP contribution in [0, 0.1) is 0 Å². The Labute approximate surface area is 184 Å². The summed E-state index contributed by atoms with van der Waals surface area (Å²) in [7, 11) is -0.570. The molecular formula is C22H34O8Si. The third-order valence-electron chi connectivity index (χ3n) is 6.88. The Hall–Kier alpha value is -1.04. The third kappa shape index (κ3) is 4.18. The van der Waals surface area contributed by atoms with Crippen molar-refractivity contribution >= 4 is 8.32 Å². The van der Waals surface area contributed by atoms with Crippen LogP contribution >= 0.6 is 0 Å². The van der Waals surface area contributed by atoms with Gasteiger partial charge in [-0.1, -0.05) is 32.9 Å². The van der Waals surface area contributed by atoms with Crippen molar-refractivity contribution in [1.82, 2.24) is 0 Å². The molecule has 0 aromatic heterocycles. The summed E-state index contributed by atoms with van der Waals surface area (Å²) in [4.78, 5) is 0. The lowest BCUT2D eigenvalue weighted by molar-refractivity contribution is -0.542. The number of ether oxygens (including phenoxy) is 5. The molecule has 4 aliphatic rings. The molecule has 3 saturated heterocycles. The Bertz CT molecular complexity index is 757. The minimum atomic E-state index is -2.19. The fourth-order valence-electron chi connectivity index (χ4n) is 4.04. The lowest BCUT2D eigenvalue weighted by Crippen LogP contribution is -2.80. The average Bonchev–Trinajstić information content (AvgIpc) is 2.70. The van der Waals surface area contributed by atoms with Crippen LogP contribution in [-0.4, -0.2) is 74.8 Å². The SMILES string of the molecule is COc1ccc(COCC23OC4[C@@H](O)[C@H](O2)C(O[Si](C)(C)C(C)(C)C)[C@H](O3)[C@H]4O)cc1. The molecule has 0 spiro atoms. The predicted octanol–water partition coefficient (Wildman–Crippen LogP) is 2.17. The van der Waals surface area contributed by atoms with Gasteiger partial charge in [-0.05, 0) is 35.8 Å². The topological polar surface area (TPSA) is 95.8 Å². The lowest BCUT2D eigenvalue weighted by Gasteiger charge is -2.62. The minimum absolute atomic E-state index is 0.00871. The zero-order valence-corrected chi connectivity index (χ0v) is 20.0. The van der Waals surface area contributed by atoms with Gasteiger partial charge in [-0.15, -0.1) is 0 Å². The average molecular weight is 455 g/mol. The second-order valence-electron chi connectivity index (χ2n) is 10.1. The second-order valence-corrected chi connectivity index (χ2v) is 14.9. The number of methoxy groups -OCH3 is 1. The van der Waals surface area contributed by atoms with E-state index in [-0.39, 0.29) is 11.6 Å². The first-order chi connectivity index (χ1) is 14.5. The fourth-order valence-corrected chi connectivity index (χ4v) is 5.34. The van der Waals surface area contributed by atoms with Gasteiger partial charge < -0.3 is 38.3 Å². The van der Waals surface area contributed by atoms with Crippen LogP contribution in [-0.2, 0) is 30.0 Å². The first kappa shape index (κ1) is 23.1. The summed E-state index contributed by atoms with van der Waals surface area (Å²) < 4.78 is 35.5. The highest BCUT2D eigenvalue weighted by molar-refractivity contribution is 6.74. The highest BCUT2D eigenvalue weighted by atomic mass is 28.4. The number of hydrogen-bond donors (Lipinski definition) is 2. The van der Waals surface area contributed by atoms with Crippen molar-refractivity contribution in [2.75, 3.05) is 13.7 Å². The number of benzene rings is 1. The first-order valence-corrected chi connectivity index (χ1v) is 13.7. The van der Waals surface area contributed by atoms with Crippen LogP contribution in [0.3, 0.4) is 0 Å². The van der Waals surface area contributed by atoms with Gasteiger partial charge in [-0.3, -0.25) is 0 Å². The van der Waals surface area contributed by atoms with E-state index in [1.54, 1.807) is 7.11 Å². The van der Waals surface area contributed by atoms with E-state index in [1.165, 1.54) is 0 Å². The molecule has 1 aromatic rings. The minimum Gasteiger partial charge on any atom is -0.497 e. The van der Waals surface area contributed by atoms with Crippen LogP contribution in [0.1, 0.15) is 26.3 Å². The molecule has 3 heterocycles. The van der Waals surface area contributed by atoms with Gasteiger partial charge in [0.1, 0.15) is 49.0 Å². The van der Waals surface area contributed by atoms with E-state index < -0.39 is 50.9 Å². The molecule has 1 aromatic carbocycles. The Morgan fingerprint density at radius 1 is 0.968 bits per heavy atom. The van der Waals surface area contributed by atoms with Gasteiger partial charge in [0.2, 0.25) is 0 Å². The molecule has 5 rings (SSSR count). The number of hydrogen-bond acceptors (Lipinski definition) is 8. The summed E-state index contributed by atoms with van der Waals surface area (Å²) in [5, 5.41) is 21.5. The zero-order valence-electron chi connectivity index (χ0n) is 19.0. The van der Waals surface area contributed by atoms with E-state index in [4.69, 9.17) is 28.1 Å². The van der Waals surface area contributed by atoms with Crippen molar-refractivity contribution in [3.63, 3.8) is 0 Å². The molecule has 9 heteroatoms. The van der Waals surface area contributed by atoms with Gasteiger partial charge in [0.25, 0.3) is 0 Å². The van der Waals surface area contributed by atoms with Crippen LogP contribution in [0.5, 0.6) is 5.75 Å². The summed E-state index contributed by atoms with van der Waals surface area (Å²) in [6, 6.07) is 7.56. The van der Waals surface area contributed by atoms with Crippen molar-refractivity contribution in [3.8, 4) is 5.75 Å². The zero-order chi connectivity index (χ0) is 22.6. The molecule has 31 heavy (non-hydrogen) atoms. The molecule has 7 atom stereocenters. The van der Waals surface area contributed by atoms with Gasteiger partial charge in [0.15, 0.2) is 8.32 Å². The number of rotatable bonds is 7. The van der Waals surface area contributed by atoms with Gasteiger partial charge in [-0.25, -0.2) is 0 Å². The van der Waals surface area contributed by atoms with Crippen molar-refractivity contribution in [3.05, 3.63) is 29.8 Å². The number of aliphatic hydroxyl groups is 2. The molecule has 8 nitrogen and oxygen atoms in total. The van der Waals surface area contributed by atoms with Crippen LogP contribution < -0.4 is 4.74 Å². The molecule has 1 saturated carbocycles. The van der Waals surface area contributed by atoms with E-state index >= 15 is 0 Å². The maximum absolute atomic E-state index is 10.8. The highest BCUT2D eigenvalue weighted by Gasteiger charge is 2.68. The van der Waals surface area contributed by atoms with Crippen LogP contribution in [0.4, 0.5) is 0 Å². The molecular weight excluding hydrogens is 420 g/mol. The lowest BCUT2D eigenvalue weighted by atomic mass is 9.82. The van der Waals surface area contributed by atoms with Crippen molar-refractivity contribution < 1.29 is 38.3 Å². The van der Waals surface area contributed by atoms with Gasteiger partial charge in [-0.2, -0.15) is 0 Å². The van der Waals surface area contributed by atoms with E-state index in [2.05, 4.69) is 33.9 Å². The van der Waals surface area contributed by atoms with Crippen molar-refractivity contribution in [2.24, 2.45) is 0 Å². The Balaban J connectivity index is 1.45. The van der Waals surface area contributed by atoms with Crippen LogP contribution in [0.25, 0.3) is 0 Å². The molecule has 3 unspecified atom stereocenters. The number of aliphatic hydroxyl groups excluding tert-OH is 2. The van der Waals surface area contributed by atoms with E-state index in [9.17, 15) is 10.2 Å². The van der Waals surface area contributed by atoms with Crippen LogP contribution in [0.15, 0.2) is 24.3 Å². The second kappa shape index (κ2) is 8.07. The summed E-state index contributed by atoms with van der Waals surface area (Å²) >= 11 is 0. The molecule has 0 radical (unpaired) electrons. The first-order valence-electron chi connectivity index (χ1n) is 10.7. The third-order valence-corrected chi connectivity index (χ3v) is 11.4. The standard InChI is InChI=1S/C22H34O8Si/c1-21(2,3)31(5,6)30-20-18-15(23)17-16(24)19(20)29-22(27-17,28-18)12-26-11-13-7-9-14(25-4)10-8-13/h7-10,15-20,23-24H,11-12H2,1-6H3/t15-,16+,17?,18+,19-,20?,22?. The summed E-state index contributed by atoms with van der Waals surface area (Å²) in [5.41, 5.74) is 0.963. The van der Waals surface area contributed by atoms with Gasteiger partial charge >= 0.3 is 5.97 Å². The fraction of sp³-hybridized carbons (Fsp3) is 0.727. The molecule has 1 aliphatic carbocycles. The van der Waals surface area contributed by atoms with Gasteiger partial charge in [0, 0.05) is 0 Å². The molecule has 174 valence electrons. The Morgan fingerprint density at radius 2 is 1.52 bits per heavy atom. The molecule has 4 fully saturated rings. The monoisotopic (exact) mass is 454 g/mol. The molecule has 3 aliphatic heterocycles. The van der Waals surface area contributed by atoms with E-state index in [1.807, 2.05) is 24.3 Å². The smallest absolute Gasteiger partial charge is 0.309 e. The highest BCUT2D eigenvalue weighted by Crippen LogP contribution is 2.48. The van der Waals surface area contributed by atoms with E-state index in [0.29, 0.717) is 6.61 Å². The Kier molecular flexibility index (Phi) is 6.02. The normalized spacial score (nSPS) is 37.3. The largest absolute Gasteiger partial charge is 0.497 e. The summed E-state index contributed by atoms with van der Waals surface area (Å²) in [6.07, 6.45) is -4.68. The summed E-state index contributed by atoms with van der Waals surface area (Å²) in [6.45, 7) is 11.0. The molecule has 0 amide bonds. The van der Waals surface area contributed by atoms with Gasteiger partial charge in [0.05, 0.1) is 13.7 Å². The molecule has 4 bridgehead atoms. The van der Waals surface area contributed by atoms with Crippen molar-refractivity contribution in [1.29, 1.82) is 0 Å². The maximum atomic E-state index is 10.8.